The first-order valence-electron chi connectivity index (χ1n) is 8.96. The van der Waals surface area contributed by atoms with Crippen LogP contribution in [0.25, 0.3) is 0 Å². The van der Waals surface area contributed by atoms with Crippen molar-refractivity contribution in [1.29, 1.82) is 0 Å². The molecule has 1 aliphatic rings. The minimum absolute atomic E-state index is 0.00618. The van der Waals surface area contributed by atoms with Gasteiger partial charge < -0.3 is 9.47 Å². The third-order valence-corrected chi connectivity index (χ3v) is 5.61. The quantitative estimate of drug-likeness (QED) is 0.307. The Kier molecular flexibility index (Phi) is 7.19. The van der Waals surface area contributed by atoms with Gasteiger partial charge in [0.25, 0.3) is 0 Å². The van der Waals surface area contributed by atoms with Crippen LogP contribution in [0.3, 0.4) is 0 Å². The molecule has 0 aliphatic carbocycles. The first-order chi connectivity index (χ1) is 12.7. The molecule has 0 aromatic carbocycles. The average Bonchev–Trinajstić information content (AvgIpc) is 2.85. The zero-order valence-electron chi connectivity index (χ0n) is 15.7. The van der Waals surface area contributed by atoms with Crippen LogP contribution in [0.15, 0.2) is 27.4 Å². The number of unbranched alkanes of at least 4 members (excludes halogenated alkanes) is 1. The molecule has 2 rings (SSSR count). The maximum atomic E-state index is 13.0. The van der Waals surface area contributed by atoms with Crippen LogP contribution in [0.1, 0.15) is 46.5 Å². The van der Waals surface area contributed by atoms with Crippen LogP contribution in [0.5, 0.6) is 0 Å². The smallest absolute Gasteiger partial charge is 0.324 e. The minimum atomic E-state index is -1.40. The van der Waals surface area contributed by atoms with Crippen molar-refractivity contribution in [1.82, 2.24) is 0 Å². The van der Waals surface area contributed by atoms with Gasteiger partial charge in [-0.1, -0.05) is 19.8 Å². The molecule has 1 aromatic heterocycles. The molecule has 2 heterocycles. The molecule has 0 unspecified atom stereocenters. The number of nitrogens with zero attached hydrogens (tertiary/aromatic N) is 1. The van der Waals surface area contributed by atoms with Gasteiger partial charge in [-0.15, -0.1) is 0 Å². The van der Waals surface area contributed by atoms with E-state index in [0.717, 1.165) is 15.4 Å². The zero-order chi connectivity index (χ0) is 20.2. The van der Waals surface area contributed by atoms with Crippen molar-refractivity contribution >= 4 is 49.6 Å². The van der Waals surface area contributed by atoms with Crippen LogP contribution in [0.2, 0.25) is 0 Å². The number of aromatic nitrogens is 1. The van der Waals surface area contributed by atoms with E-state index < -0.39 is 23.0 Å². The third kappa shape index (κ3) is 4.77. The number of esters is 2. The Labute approximate surface area is 175 Å². The van der Waals surface area contributed by atoms with Gasteiger partial charge >= 0.3 is 11.9 Å². The lowest BCUT2D eigenvalue weighted by molar-refractivity contribution is -0.685. The summed E-state index contributed by atoms with van der Waals surface area (Å²) in [5.74, 6) is -1.53. The highest BCUT2D eigenvalue weighted by atomic mass is 79.9. The van der Waals surface area contributed by atoms with E-state index in [1.165, 1.54) is 0 Å². The Bertz CT molecular complexity index is 733. The van der Waals surface area contributed by atoms with E-state index in [4.69, 9.17) is 9.47 Å². The van der Waals surface area contributed by atoms with E-state index in [1.54, 1.807) is 30.8 Å². The number of Topliss-reactive ketones (excluding diaryl/α,β-unsaturated/α-hetero) is 1. The van der Waals surface area contributed by atoms with E-state index >= 15 is 0 Å². The van der Waals surface area contributed by atoms with E-state index in [0.29, 0.717) is 12.8 Å². The lowest BCUT2D eigenvalue weighted by Gasteiger charge is -2.23. The van der Waals surface area contributed by atoms with Gasteiger partial charge in [0.15, 0.2) is 23.4 Å². The summed E-state index contributed by atoms with van der Waals surface area (Å²) in [7, 11) is 0. The Morgan fingerprint density at radius 1 is 1.26 bits per heavy atom. The van der Waals surface area contributed by atoms with Crippen molar-refractivity contribution < 1.29 is 28.4 Å². The predicted octanol–water partition coefficient (Wildman–Crippen LogP) is 3.51. The van der Waals surface area contributed by atoms with E-state index in [-0.39, 0.29) is 25.4 Å². The molecule has 148 valence electrons. The van der Waals surface area contributed by atoms with Crippen molar-refractivity contribution in [2.45, 2.75) is 58.6 Å². The fraction of sp³-hybridized carbons (Fsp3) is 0.579. The van der Waals surface area contributed by atoms with Crippen LogP contribution in [-0.2, 0) is 30.4 Å². The highest BCUT2D eigenvalue weighted by Crippen LogP contribution is 2.45. The molecule has 2 atom stereocenters. The molecule has 1 fully saturated rings. The molecule has 1 aliphatic heterocycles. The Hall–Kier alpha value is -1.28. The minimum Gasteiger partial charge on any atom is -0.465 e. The van der Waals surface area contributed by atoms with Gasteiger partial charge in [-0.25, -0.2) is 0 Å². The standard InChI is InChI=1S/C19H24Br2NO5/c1-4-6-7-19(16(24)26-5-2)12-18(3,27-17(19)25)15(23)11-22-9-13(20)8-14(21)10-22/h8-10H,4-7,11-12H2,1-3H3/q+1/t18-,19+/m1/s1. The molecule has 0 N–H and O–H groups in total. The average molecular weight is 506 g/mol. The largest absolute Gasteiger partial charge is 0.465 e. The molecule has 27 heavy (non-hydrogen) atoms. The van der Waals surface area contributed by atoms with Crippen molar-refractivity contribution in [3.8, 4) is 0 Å². The molecule has 0 radical (unpaired) electrons. The number of pyridine rings is 1. The second-order valence-corrected chi connectivity index (χ2v) is 8.80. The number of carbonyl (C=O) groups excluding carboxylic acids is 3. The van der Waals surface area contributed by atoms with Gasteiger partial charge in [-0.05, 0) is 58.2 Å². The molecule has 1 aromatic rings. The summed E-state index contributed by atoms with van der Waals surface area (Å²) in [6, 6.07) is 1.86. The lowest BCUT2D eigenvalue weighted by atomic mass is 9.76. The van der Waals surface area contributed by atoms with Crippen molar-refractivity contribution in [3.63, 3.8) is 0 Å². The zero-order valence-corrected chi connectivity index (χ0v) is 18.9. The lowest BCUT2D eigenvalue weighted by Crippen LogP contribution is -2.47. The van der Waals surface area contributed by atoms with Gasteiger partial charge in [-0.2, -0.15) is 4.57 Å². The van der Waals surface area contributed by atoms with E-state index in [1.807, 2.05) is 13.0 Å². The number of hydrogen-bond acceptors (Lipinski definition) is 5. The molecular formula is C19H24Br2NO5+. The number of cyclic esters (lactones) is 1. The normalized spacial score (nSPS) is 24.6. The Morgan fingerprint density at radius 3 is 2.44 bits per heavy atom. The summed E-state index contributed by atoms with van der Waals surface area (Å²) < 4.78 is 14.0. The Balaban J connectivity index is 2.27. The van der Waals surface area contributed by atoms with Crippen molar-refractivity contribution in [3.05, 3.63) is 27.4 Å². The number of ether oxygens (including phenoxy) is 2. The molecule has 6 nitrogen and oxygen atoms in total. The maximum absolute atomic E-state index is 13.0. The third-order valence-electron chi connectivity index (χ3n) is 4.74. The molecule has 0 spiro atoms. The molecule has 0 saturated carbocycles. The highest BCUT2D eigenvalue weighted by molar-refractivity contribution is 9.11. The maximum Gasteiger partial charge on any atom is 0.324 e. The van der Waals surface area contributed by atoms with E-state index in [9.17, 15) is 14.4 Å². The van der Waals surface area contributed by atoms with Crippen LogP contribution < -0.4 is 4.57 Å². The number of carbonyl (C=O) groups is 3. The molecule has 1 saturated heterocycles. The summed E-state index contributed by atoms with van der Waals surface area (Å²) in [6.45, 7) is 5.44. The summed E-state index contributed by atoms with van der Waals surface area (Å²) in [5.41, 5.74) is -2.77. The number of ketones is 1. The fourth-order valence-corrected chi connectivity index (χ4v) is 4.65. The number of hydrogen-bond donors (Lipinski definition) is 0. The summed E-state index contributed by atoms with van der Waals surface area (Å²) in [4.78, 5) is 38.3. The first kappa shape index (κ1) is 22.0. The fourth-order valence-electron chi connectivity index (χ4n) is 3.32. The predicted molar refractivity (Wildman–Crippen MR) is 105 cm³/mol. The van der Waals surface area contributed by atoms with Gasteiger partial charge in [0, 0.05) is 6.42 Å². The first-order valence-corrected chi connectivity index (χ1v) is 10.5. The molecule has 0 bridgehead atoms. The monoisotopic (exact) mass is 504 g/mol. The van der Waals surface area contributed by atoms with Crippen molar-refractivity contribution in [2.24, 2.45) is 5.41 Å². The molecule has 8 heteroatoms. The second-order valence-electron chi connectivity index (χ2n) is 6.97. The summed E-state index contributed by atoms with van der Waals surface area (Å²) in [5, 5.41) is 0. The van der Waals surface area contributed by atoms with Gasteiger partial charge in [0.2, 0.25) is 12.3 Å². The van der Waals surface area contributed by atoms with Gasteiger partial charge in [-0.3, -0.25) is 14.4 Å². The summed E-state index contributed by atoms with van der Waals surface area (Å²) in [6.07, 6.45) is 5.34. The van der Waals surface area contributed by atoms with Gasteiger partial charge in [0.05, 0.1) is 15.6 Å². The summed E-state index contributed by atoms with van der Waals surface area (Å²) >= 11 is 6.77. The van der Waals surface area contributed by atoms with Gasteiger partial charge in [0.1, 0.15) is 0 Å². The Morgan fingerprint density at radius 2 is 1.89 bits per heavy atom. The SMILES string of the molecule is CCCC[C@@]1(C(=O)OCC)C[C@](C)(C(=O)C[n+]2cc(Br)cc(Br)c2)OC1=O. The van der Waals surface area contributed by atoms with Crippen LogP contribution in [0.4, 0.5) is 0 Å². The topological polar surface area (TPSA) is 73.6 Å². The van der Waals surface area contributed by atoms with Crippen LogP contribution >= 0.6 is 31.9 Å². The highest BCUT2D eigenvalue weighted by Gasteiger charge is 2.62. The molecular weight excluding hydrogens is 482 g/mol. The van der Waals surface area contributed by atoms with Crippen LogP contribution in [-0.4, -0.2) is 29.9 Å². The number of halogens is 2. The van der Waals surface area contributed by atoms with E-state index in [2.05, 4.69) is 31.9 Å². The second kappa shape index (κ2) is 8.82. The van der Waals surface area contributed by atoms with Crippen LogP contribution in [0, 0.1) is 5.41 Å². The van der Waals surface area contributed by atoms with Crippen molar-refractivity contribution in [2.75, 3.05) is 6.61 Å². The molecule has 0 amide bonds. The number of rotatable bonds is 8.